The molecule has 0 aliphatic carbocycles. The minimum Gasteiger partial charge on any atom is -0.497 e. The zero-order chi connectivity index (χ0) is 18.8. The lowest BCUT2D eigenvalue weighted by Crippen LogP contribution is -2.31. The Hall–Kier alpha value is -3.08. The van der Waals surface area contributed by atoms with Crippen LogP contribution in [0.4, 0.5) is 0 Å². The number of benzene rings is 2. The number of rotatable bonds is 4. The highest BCUT2D eigenvalue weighted by atomic mass is 16.5. The molecule has 4 rings (SSSR count). The average molecular weight is 362 g/mol. The van der Waals surface area contributed by atoms with E-state index in [4.69, 9.17) is 9.47 Å². The molecule has 5 nitrogen and oxygen atoms in total. The molecule has 0 bridgehead atoms. The van der Waals surface area contributed by atoms with Crippen LogP contribution in [0.2, 0.25) is 0 Å². The molecule has 1 saturated heterocycles. The Morgan fingerprint density at radius 3 is 2.48 bits per heavy atom. The van der Waals surface area contributed by atoms with E-state index in [0.717, 1.165) is 47.4 Å². The third-order valence-corrected chi connectivity index (χ3v) is 5.13. The van der Waals surface area contributed by atoms with Gasteiger partial charge in [-0.1, -0.05) is 18.2 Å². The number of likely N-dealkylation sites (tertiary alicyclic amines) is 1. The van der Waals surface area contributed by atoms with E-state index in [1.165, 1.54) is 0 Å². The summed E-state index contributed by atoms with van der Waals surface area (Å²) in [5.41, 5.74) is 2.40. The maximum Gasteiger partial charge on any atom is 0.272 e. The minimum atomic E-state index is -0.0222. The van der Waals surface area contributed by atoms with E-state index >= 15 is 0 Å². The Kier molecular flexibility index (Phi) is 4.67. The van der Waals surface area contributed by atoms with Crippen LogP contribution in [0.3, 0.4) is 0 Å². The highest BCUT2D eigenvalue weighted by molar-refractivity contribution is 5.95. The van der Waals surface area contributed by atoms with Gasteiger partial charge >= 0.3 is 0 Å². The number of carbonyl (C=O) groups excluding carboxylic acids is 1. The average Bonchev–Trinajstić information content (AvgIpc) is 3.22. The maximum atomic E-state index is 13.1. The van der Waals surface area contributed by atoms with Crippen molar-refractivity contribution in [1.82, 2.24) is 9.88 Å². The molecule has 0 saturated carbocycles. The van der Waals surface area contributed by atoms with Gasteiger partial charge in [-0.15, -0.1) is 0 Å². The van der Waals surface area contributed by atoms with E-state index in [0.29, 0.717) is 5.69 Å². The molecule has 1 amide bonds. The van der Waals surface area contributed by atoms with Gasteiger partial charge < -0.3 is 14.4 Å². The van der Waals surface area contributed by atoms with Crippen molar-refractivity contribution in [2.45, 2.75) is 18.9 Å². The molecule has 5 heteroatoms. The monoisotopic (exact) mass is 362 g/mol. The van der Waals surface area contributed by atoms with E-state index in [-0.39, 0.29) is 11.9 Å². The molecule has 2 aromatic carbocycles. The molecule has 0 N–H and O–H groups in total. The summed E-state index contributed by atoms with van der Waals surface area (Å²) in [7, 11) is 3.29. The Bertz CT molecular complexity index is 969. The van der Waals surface area contributed by atoms with Gasteiger partial charge in [0.25, 0.3) is 5.91 Å². The smallest absolute Gasteiger partial charge is 0.272 e. The minimum absolute atomic E-state index is 0.0222. The molecule has 1 aromatic heterocycles. The fraction of sp³-hybridized carbons (Fsp3) is 0.273. The first kappa shape index (κ1) is 17.3. The summed E-state index contributed by atoms with van der Waals surface area (Å²) in [6, 6.07) is 17.4. The molecule has 0 spiro atoms. The first-order valence-corrected chi connectivity index (χ1v) is 9.09. The molecular formula is C22H22N2O3. The second-order valence-corrected chi connectivity index (χ2v) is 6.68. The molecule has 1 fully saturated rings. The number of hydrogen-bond acceptors (Lipinski definition) is 4. The van der Waals surface area contributed by atoms with Gasteiger partial charge in [-0.05, 0) is 54.8 Å². The van der Waals surface area contributed by atoms with Crippen LogP contribution in [0.15, 0.2) is 54.6 Å². The Balaban J connectivity index is 1.61. The van der Waals surface area contributed by atoms with Crippen molar-refractivity contribution >= 4 is 16.8 Å². The predicted molar refractivity (Wildman–Crippen MR) is 104 cm³/mol. The van der Waals surface area contributed by atoms with Gasteiger partial charge in [0.1, 0.15) is 17.2 Å². The van der Waals surface area contributed by atoms with Crippen LogP contribution in [0.25, 0.3) is 10.9 Å². The predicted octanol–water partition coefficient (Wildman–Crippen LogP) is 4.23. The zero-order valence-corrected chi connectivity index (χ0v) is 15.5. The highest BCUT2D eigenvalue weighted by Crippen LogP contribution is 2.34. The van der Waals surface area contributed by atoms with Crippen molar-refractivity contribution in [3.63, 3.8) is 0 Å². The van der Waals surface area contributed by atoms with E-state index in [1.807, 2.05) is 53.4 Å². The molecule has 27 heavy (non-hydrogen) atoms. The van der Waals surface area contributed by atoms with Gasteiger partial charge in [-0.2, -0.15) is 0 Å². The van der Waals surface area contributed by atoms with Gasteiger partial charge in [-0.25, -0.2) is 4.98 Å². The first-order valence-electron chi connectivity index (χ1n) is 9.09. The summed E-state index contributed by atoms with van der Waals surface area (Å²) in [6.45, 7) is 0.748. The topological polar surface area (TPSA) is 51.7 Å². The molecule has 3 aromatic rings. The molecule has 138 valence electrons. The third kappa shape index (κ3) is 3.33. The van der Waals surface area contributed by atoms with Crippen LogP contribution >= 0.6 is 0 Å². The summed E-state index contributed by atoms with van der Waals surface area (Å²) >= 11 is 0. The van der Waals surface area contributed by atoms with Gasteiger partial charge in [0, 0.05) is 11.9 Å². The van der Waals surface area contributed by atoms with Crippen LogP contribution in [-0.4, -0.2) is 36.6 Å². The van der Waals surface area contributed by atoms with E-state index in [9.17, 15) is 4.79 Å². The lowest BCUT2D eigenvalue weighted by atomic mass is 10.0. The number of nitrogens with zero attached hydrogens (tertiary/aromatic N) is 2. The van der Waals surface area contributed by atoms with Crippen LogP contribution < -0.4 is 9.47 Å². The van der Waals surface area contributed by atoms with Crippen molar-refractivity contribution in [2.24, 2.45) is 0 Å². The number of amides is 1. The number of ether oxygens (including phenoxy) is 2. The summed E-state index contributed by atoms with van der Waals surface area (Å²) < 4.78 is 10.5. The van der Waals surface area contributed by atoms with Crippen LogP contribution in [0.1, 0.15) is 34.9 Å². The molecule has 1 atom stereocenters. The lowest BCUT2D eigenvalue weighted by molar-refractivity contribution is 0.0730. The number of methoxy groups -OCH3 is 2. The third-order valence-electron chi connectivity index (χ3n) is 5.13. The van der Waals surface area contributed by atoms with Crippen molar-refractivity contribution < 1.29 is 14.3 Å². The lowest BCUT2D eigenvalue weighted by Gasteiger charge is -2.25. The SMILES string of the molecule is COc1ccc([C@H]2CCCN2C(=O)c2ccc3cc(OC)ccc3n2)cc1. The summed E-state index contributed by atoms with van der Waals surface area (Å²) in [5, 5.41) is 0.957. The summed E-state index contributed by atoms with van der Waals surface area (Å²) in [5.74, 6) is 1.58. The molecule has 0 radical (unpaired) electrons. The van der Waals surface area contributed by atoms with Crippen LogP contribution in [-0.2, 0) is 0 Å². The summed E-state index contributed by atoms with van der Waals surface area (Å²) in [6.07, 6.45) is 1.95. The first-order chi connectivity index (χ1) is 13.2. The molecule has 0 unspecified atom stereocenters. The van der Waals surface area contributed by atoms with Crippen molar-refractivity contribution in [1.29, 1.82) is 0 Å². The Labute approximate surface area is 158 Å². The number of pyridine rings is 1. The Morgan fingerprint density at radius 1 is 1.00 bits per heavy atom. The standard InChI is InChI=1S/C22H22N2O3/c1-26-17-8-5-15(6-9-17)21-4-3-13-24(21)22(25)20-11-7-16-14-18(27-2)10-12-19(16)23-20/h5-12,14,21H,3-4,13H2,1-2H3/t21-/m1/s1. The van der Waals surface area contributed by atoms with E-state index < -0.39 is 0 Å². The van der Waals surface area contributed by atoms with E-state index in [2.05, 4.69) is 4.98 Å². The number of aromatic nitrogens is 1. The second kappa shape index (κ2) is 7.27. The second-order valence-electron chi connectivity index (χ2n) is 6.68. The van der Waals surface area contributed by atoms with Crippen molar-refractivity contribution in [3.8, 4) is 11.5 Å². The fourth-order valence-corrected chi connectivity index (χ4v) is 3.68. The van der Waals surface area contributed by atoms with Gasteiger partial charge in [0.15, 0.2) is 0 Å². The maximum absolute atomic E-state index is 13.1. The molecule has 1 aliphatic rings. The van der Waals surface area contributed by atoms with Gasteiger partial charge in [-0.3, -0.25) is 4.79 Å². The zero-order valence-electron chi connectivity index (χ0n) is 15.5. The quantitative estimate of drug-likeness (QED) is 0.697. The molecular weight excluding hydrogens is 340 g/mol. The number of carbonyl (C=O) groups is 1. The highest BCUT2D eigenvalue weighted by Gasteiger charge is 2.31. The summed E-state index contributed by atoms with van der Waals surface area (Å²) in [4.78, 5) is 19.6. The Morgan fingerprint density at radius 2 is 1.74 bits per heavy atom. The largest absolute Gasteiger partial charge is 0.497 e. The van der Waals surface area contributed by atoms with Crippen LogP contribution in [0, 0.1) is 0 Å². The molecule has 1 aliphatic heterocycles. The van der Waals surface area contributed by atoms with Crippen LogP contribution in [0.5, 0.6) is 11.5 Å². The number of hydrogen-bond donors (Lipinski definition) is 0. The van der Waals surface area contributed by atoms with Crippen molar-refractivity contribution in [3.05, 3.63) is 65.9 Å². The van der Waals surface area contributed by atoms with Gasteiger partial charge in [0.2, 0.25) is 0 Å². The van der Waals surface area contributed by atoms with Gasteiger partial charge in [0.05, 0.1) is 25.8 Å². The van der Waals surface area contributed by atoms with Crippen molar-refractivity contribution in [2.75, 3.05) is 20.8 Å². The number of fused-ring (bicyclic) bond motifs is 1. The normalized spacial score (nSPS) is 16.5. The van der Waals surface area contributed by atoms with E-state index in [1.54, 1.807) is 20.3 Å². The molecule has 2 heterocycles. The fourth-order valence-electron chi connectivity index (χ4n) is 3.68.